The van der Waals surface area contributed by atoms with Crippen molar-refractivity contribution < 1.29 is 19.4 Å². The Balaban J connectivity index is 1.65. The predicted octanol–water partition coefficient (Wildman–Crippen LogP) is 2.91. The molecule has 0 fully saturated rings. The summed E-state index contributed by atoms with van der Waals surface area (Å²) >= 11 is 3.63. The van der Waals surface area contributed by atoms with Gasteiger partial charge in [0.2, 0.25) is 0 Å². The quantitative estimate of drug-likeness (QED) is 0.349. The molecule has 2 aromatic heterocycles. The number of carbonyl (C=O) groups is 1. The van der Waals surface area contributed by atoms with Crippen molar-refractivity contribution in [1.82, 2.24) is 9.55 Å². The Morgan fingerprint density at radius 1 is 1.23 bits per heavy atom. The van der Waals surface area contributed by atoms with Crippen molar-refractivity contribution in [2.24, 2.45) is 0 Å². The van der Waals surface area contributed by atoms with Crippen LogP contribution in [-0.4, -0.2) is 27.2 Å². The van der Waals surface area contributed by atoms with Gasteiger partial charge in [0.25, 0.3) is 5.56 Å². The van der Waals surface area contributed by atoms with E-state index in [1.165, 1.54) is 5.56 Å². The Labute approximate surface area is 185 Å². The summed E-state index contributed by atoms with van der Waals surface area (Å²) in [4.78, 5) is 30.6. The molecule has 5 heterocycles. The molecule has 7 nitrogen and oxygen atoms in total. The number of alkyl halides is 1. The fourth-order valence-corrected chi connectivity index (χ4v) is 5.63. The van der Waals surface area contributed by atoms with Gasteiger partial charge in [-0.1, -0.05) is 22.9 Å². The standard InChI is InChI=1S/C23H19BrN2O5/c1-2-23(29)16-6-18-20-14(9-26(18)21(27)15(16)10-31-22(23)28)13(8-24)12-5-11-3-4-30-19(11)7-17(12)25-20/h5-7,29H,2-4,8-10H2,1H3/t23-/m0/s1. The highest BCUT2D eigenvalue weighted by Crippen LogP contribution is 2.42. The lowest BCUT2D eigenvalue weighted by Gasteiger charge is -2.31. The van der Waals surface area contributed by atoms with E-state index in [1.807, 2.05) is 6.07 Å². The number of carbonyl (C=O) groups excluding carboxylic acids is 1. The zero-order valence-electron chi connectivity index (χ0n) is 16.8. The molecular formula is C23H19BrN2O5. The molecule has 8 heteroatoms. The number of nitrogens with zero attached hydrogens (tertiary/aromatic N) is 2. The Bertz CT molecular complexity index is 1380. The summed E-state index contributed by atoms with van der Waals surface area (Å²) in [6, 6.07) is 5.84. The number of hydrogen-bond acceptors (Lipinski definition) is 6. The first-order chi connectivity index (χ1) is 15.0. The molecule has 0 spiro atoms. The molecule has 0 unspecified atom stereocenters. The zero-order valence-corrected chi connectivity index (χ0v) is 18.4. The predicted molar refractivity (Wildman–Crippen MR) is 116 cm³/mol. The number of cyclic esters (lactones) is 1. The molecule has 158 valence electrons. The molecule has 0 aliphatic carbocycles. The first-order valence-electron chi connectivity index (χ1n) is 10.3. The van der Waals surface area contributed by atoms with E-state index >= 15 is 0 Å². The number of aromatic nitrogens is 2. The first kappa shape index (κ1) is 19.0. The van der Waals surface area contributed by atoms with Crippen LogP contribution in [0.4, 0.5) is 0 Å². The van der Waals surface area contributed by atoms with Crippen LogP contribution in [-0.2, 0) is 40.0 Å². The van der Waals surface area contributed by atoms with Gasteiger partial charge in [0, 0.05) is 34.3 Å². The number of esters is 1. The minimum Gasteiger partial charge on any atom is -0.493 e. The third-order valence-corrected chi connectivity index (χ3v) is 7.31. The molecule has 0 bridgehead atoms. The van der Waals surface area contributed by atoms with Gasteiger partial charge < -0.3 is 19.1 Å². The average molecular weight is 483 g/mol. The van der Waals surface area contributed by atoms with Gasteiger partial charge in [-0.3, -0.25) is 4.79 Å². The molecule has 0 radical (unpaired) electrons. The second-order valence-corrected chi connectivity index (χ2v) is 8.79. The molecule has 0 saturated carbocycles. The molecule has 3 aromatic rings. The van der Waals surface area contributed by atoms with Crippen molar-refractivity contribution >= 4 is 32.8 Å². The van der Waals surface area contributed by atoms with Crippen LogP contribution in [0, 0.1) is 0 Å². The summed E-state index contributed by atoms with van der Waals surface area (Å²) < 4.78 is 12.5. The van der Waals surface area contributed by atoms with Crippen LogP contribution in [0.2, 0.25) is 0 Å². The van der Waals surface area contributed by atoms with Crippen molar-refractivity contribution in [3.63, 3.8) is 0 Å². The van der Waals surface area contributed by atoms with Crippen LogP contribution >= 0.6 is 15.9 Å². The molecule has 3 aliphatic rings. The van der Waals surface area contributed by atoms with Gasteiger partial charge in [0.05, 0.1) is 35.6 Å². The van der Waals surface area contributed by atoms with Crippen LogP contribution in [0.15, 0.2) is 23.0 Å². The van der Waals surface area contributed by atoms with E-state index in [-0.39, 0.29) is 18.6 Å². The smallest absolute Gasteiger partial charge is 0.343 e. The summed E-state index contributed by atoms with van der Waals surface area (Å²) in [6.07, 6.45) is 0.996. The van der Waals surface area contributed by atoms with E-state index in [4.69, 9.17) is 14.5 Å². The van der Waals surface area contributed by atoms with Gasteiger partial charge >= 0.3 is 5.97 Å². The molecule has 1 atom stereocenters. The Morgan fingerprint density at radius 2 is 2.06 bits per heavy atom. The Morgan fingerprint density at radius 3 is 2.84 bits per heavy atom. The molecule has 1 aromatic carbocycles. The van der Waals surface area contributed by atoms with Crippen LogP contribution in [0.5, 0.6) is 5.75 Å². The summed E-state index contributed by atoms with van der Waals surface area (Å²) in [5, 5.41) is 12.7. The highest BCUT2D eigenvalue weighted by atomic mass is 79.9. The number of ether oxygens (including phenoxy) is 2. The van der Waals surface area contributed by atoms with E-state index < -0.39 is 11.6 Å². The number of rotatable bonds is 2. The number of aliphatic hydroxyl groups is 1. The molecule has 3 aliphatic heterocycles. The lowest BCUT2D eigenvalue weighted by atomic mass is 9.86. The topological polar surface area (TPSA) is 90.7 Å². The molecular weight excluding hydrogens is 464 g/mol. The zero-order chi connectivity index (χ0) is 21.5. The number of pyridine rings is 2. The Kier molecular flexibility index (Phi) is 3.92. The maximum absolute atomic E-state index is 13.3. The second kappa shape index (κ2) is 6.40. The first-order valence-corrected chi connectivity index (χ1v) is 11.4. The second-order valence-electron chi connectivity index (χ2n) is 8.23. The van der Waals surface area contributed by atoms with Gasteiger partial charge in [0.1, 0.15) is 12.4 Å². The van der Waals surface area contributed by atoms with E-state index in [2.05, 4.69) is 22.0 Å². The van der Waals surface area contributed by atoms with Crippen LogP contribution in [0.3, 0.4) is 0 Å². The third-order valence-electron chi connectivity index (χ3n) is 6.75. The SMILES string of the molecule is CC[C@@]1(O)C(=O)OCc2c1cc1n(c2=O)Cc2c-1nc1cc3c(cc1c2CBr)CCO3. The number of fused-ring (bicyclic) bond motifs is 6. The summed E-state index contributed by atoms with van der Waals surface area (Å²) in [6.45, 7) is 2.64. The fraction of sp³-hybridized carbons (Fsp3) is 0.348. The minimum absolute atomic E-state index is 0.121. The number of hydrogen-bond donors (Lipinski definition) is 1. The monoisotopic (exact) mass is 482 g/mol. The molecule has 6 rings (SSSR count). The van der Waals surface area contributed by atoms with E-state index in [0.717, 1.165) is 34.2 Å². The van der Waals surface area contributed by atoms with Gasteiger partial charge in [0.15, 0.2) is 5.60 Å². The Hall–Kier alpha value is -2.71. The minimum atomic E-state index is -1.82. The highest BCUT2D eigenvalue weighted by Gasteiger charge is 2.45. The highest BCUT2D eigenvalue weighted by molar-refractivity contribution is 9.08. The van der Waals surface area contributed by atoms with Crippen LogP contribution in [0.1, 0.15) is 41.2 Å². The van der Waals surface area contributed by atoms with Crippen molar-refractivity contribution in [2.75, 3.05) is 6.61 Å². The lowest BCUT2D eigenvalue weighted by Crippen LogP contribution is -2.44. The van der Waals surface area contributed by atoms with Crippen molar-refractivity contribution in [3.8, 4) is 17.1 Å². The van der Waals surface area contributed by atoms with Crippen molar-refractivity contribution in [2.45, 2.75) is 43.8 Å². The molecule has 1 N–H and O–H groups in total. The maximum atomic E-state index is 13.3. The number of benzene rings is 1. The lowest BCUT2D eigenvalue weighted by molar-refractivity contribution is -0.172. The van der Waals surface area contributed by atoms with Gasteiger partial charge in [-0.25, -0.2) is 9.78 Å². The molecule has 0 amide bonds. The van der Waals surface area contributed by atoms with E-state index in [9.17, 15) is 14.7 Å². The maximum Gasteiger partial charge on any atom is 0.343 e. The van der Waals surface area contributed by atoms with Crippen molar-refractivity contribution in [3.05, 3.63) is 56.4 Å². The fourth-order valence-electron chi connectivity index (χ4n) is 4.99. The van der Waals surface area contributed by atoms with Crippen LogP contribution < -0.4 is 10.3 Å². The summed E-state index contributed by atoms with van der Waals surface area (Å²) in [7, 11) is 0. The molecule has 31 heavy (non-hydrogen) atoms. The van der Waals surface area contributed by atoms with Gasteiger partial charge in [-0.2, -0.15) is 0 Å². The summed E-state index contributed by atoms with van der Waals surface area (Å²) in [5.74, 6) is 0.134. The van der Waals surface area contributed by atoms with Crippen LogP contribution in [0.25, 0.3) is 22.3 Å². The van der Waals surface area contributed by atoms with Crippen molar-refractivity contribution in [1.29, 1.82) is 0 Å². The average Bonchev–Trinajstić information content (AvgIpc) is 3.38. The van der Waals surface area contributed by atoms with Gasteiger partial charge in [-0.15, -0.1) is 0 Å². The summed E-state index contributed by atoms with van der Waals surface area (Å²) in [5.41, 5.74) is 3.95. The molecule has 0 saturated heterocycles. The van der Waals surface area contributed by atoms with E-state index in [1.54, 1.807) is 17.6 Å². The normalized spacial score (nSPS) is 20.7. The number of halogens is 1. The van der Waals surface area contributed by atoms with E-state index in [0.29, 0.717) is 41.0 Å². The third kappa shape index (κ3) is 2.40. The largest absolute Gasteiger partial charge is 0.493 e. The van der Waals surface area contributed by atoms with Gasteiger partial charge in [-0.05, 0) is 29.7 Å².